The molecule has 2 heterocycles. The molecule has 1 aromatic heterocycles. The number of nitrogens with one attached hydrogen (secondary N) is 2. The van der Waals surface area contributed by atoms with Gasteiger partial charge in [-0.25, -0.2) is 9.78 Å². The zero-order chi connectivity index (χ0) is 22.5. The molecule has 6 nitrogen and oxygen atoms in total. The molecule has 3 aromatic carbocycles. The van der Waals surface area contributed by atoms with E-state index in [-0.39, 0.29) is 6.03 Å². The van der Waals surface area contributed by atoms with Crippen molar-refractivity contribution in [3.05, 3.63) is 90.5 Å². The van der Waals surface area contributed by atoms with E-state index >= 15 is 0 Å². The van der Waals surface area contributed by atoms with Gasteiger partial charge in [0.2, 0.25) is 0 Å². The lowest BCUT2D eigenvalue weighted by atomic mass is 10.1. The Labute approximate surface area is 193 Å². The lowest BCUT2D eigenvalue weighted by Crippen LogP contribution is -2.36. The maximum absolute atomic E-state index is 12.5. The zero-order valence-corrected chi connectivity index (χ0v) is 18.3. The van der Waals surface area contributed by atoms with E-state index in [4.69, 9.17) is 9.72 Å². The number of ether oxygens (including phenoxy) is 1. The summed E-state index contributed by atoms with van der Waals surface area (Å²) < 4.78 is 5.57. The molecule has 0 spiro atoms. The van der Waals surface area contributed by atoms with E-state index in [1.807, 2.05) is 66.7 Å². The van der Waals surface area contributed by atoms with Gasteiger partial charge in [-0.15, -0.1) is 0 Å². The topological polar surface area (TPSA) is 66.5 Å². The van der Waals surface area contributed by atoms with Gasteiger partial charge in [0, 0.05) is 42.0 Å². The van der Waals surface area contributed by atoms with Crippen LogP contribution in [0.25, 0.3) is 22.2 Å². The predicted molar refractivity (Wildman–Crippen MR) is 133 cm³/mol. The van der Waals surface area contributed by atoms with Crippen molar-refractivity contribution in [3.63, 3.8) is 0 Å². The summed E-state index contributed by atoms with van der Waals surface area (Å²) in [6.45, 7) is 3.51. The summed E-state index contributed by atoms with van der Waals surface area (Å²) >= 11 is 0. The first-order valence-corrected chi connectivity index (χ1v) is 11.2. The van der Waals surface area contributed by atoms with Gasteiger partial charge in [-0.05, 0) is 29.8 Å². The number of amides is 2. The highest BCUT2D eigenvalue weighted by atomic mass is 16.5. The number of anilines is 2. The van der Waals surface area contributed by atoms with Gasteiger partial charge < -0.3 is 20.3 Å². The van der Waals surface area contributed by atoms with Gasteiger partial charge in [-0.2, -0.15) is 0 Å². The molecule has 1 fully saturated rings. The fourth-order valence-electron chi connectivity index (χ4n) is 4.06. The molecular formula is C27H26N4O2. The summed E-state index contributed by atoms with van der Waals surface area (Å²) in [6, 6.07) is 27.8. The fourth-order valence-corrected chi connectivity index (χ4v) is 4.06. The van der Waals surface area contributed by atoms with Gasteiger partial charge in [0.1, 0.15) is 0 Å². The Morgan fingerprint density at radius 2 is 1.64 bits per heavy atom. The Morgan fingerprint density at radius 3 is 2.39 bits per heavy atom. The minimum atomic E-state index is -0.236. The Kier molecular flexibility index (Phi) is 6.17. The number of carbonyl (C=O) groups is 1. The van der Waals surface area contributed by atoms with E-state index in [0.29, 0.717) is 19.8 Å². The van der Waals surface area contributed by atoms with E-state index in [0.717, 1.165) is 52.2 Å². The van der Waals surface area contributed by atoms with Crippen molar-refractivity contribution in [1.82, 2.24) is 10.3 Å². The van der Waals surface area contributed by atoms with Gasteiger partial charge in [0.15, 0.2) is 0 Å². The largest absolute Gasteiger partial charge is 0.378 e. The number of urea groups is 1. The minimum Gasteiger partial charge on any atom is -0.378 e. The van der Waals surface area contributed by atoms with Crippen LogP contribution in [0.3, 0.4) is 0 Å². The minimum absolute atomic E-state index is 0.236. The normalized spacial score (nSPS) is 13.6. The van der Waals surface area contributed by atoms with Gasteiger partial charge in [0.05, 0.1) is 24.4 Å². The van der Waals surface area contributed by atoms with Crippen LogP contribution in [-0.4, -0.2) is 37.3 Å². The Morgan fingerprint density at radius 1 is 0.909 bits per heavy atom. The molecule has 1 aliphatic heterocycles. The molecule has 4 aromatic rings. The highest BCUT2D eigenvalue weighted by Gasteiger charge is 2.17. The Hall–Kier alpha value is -3.90. The number of fused-ring (bicyclic) bond motifs is 1. The number of rotatable bonds is 5. The number of hydrogen-bond acceptors (Lipinski definition) is 4. The standard InChI is InChI=1S/C27H26N4O2/c32-27(28-19-20-7-3-1-4-8-20)29-22-11-12-24-23(17-22)26(31-13-15-33-16-14-31)18-25(30-24)21-9-5-2-6-10-21/h1-12,17-18H,13-16,19H2,(H2,28,29,32). The van der Waals surface area contributed by atoms with Crippen molar-refractivity contribution in [2.45, 2.75) is 6.54 Å². The average molecular weight is 439 g/mol. The smallest absolute Gasteiger partial charge is 0.319 e. The molecule has 166 valence electrons. The lowest BCUT2D eigenvalue weighted by Gasteiger charge is -2.30. The van der Waals surface area contributed by atoms with Crippen molar-refractivity contribution >= 4 is 28.3 Å². The van der Waals surface area contributed by atoms with E-state index in [1.54, 1.807) is 0 Å². The number of pyridine rings is 1. The Balaban J connectivity index is 1.44. The summed E-state index contributed by atoms with van der Waals surface area (Å²) in [7, 11) is 0. The first-order valence-electron chi connectivity index (χ1n) is 11.2. The highest BCUT2D eigenvalue weighted by Crippen LogP contribution is 2.33. The summed E-state index contributed by atoms with van der Waals surface area (Å²) in [5, 5.41) is 6.88. The van der Waals surface area contributed by atoms with Crippen LogP contribution in [0.15, 0.2) is 84.9 Å². The van der Waals surface area contributed by atoms with Crippen LogP contribution in [0.4, 0.5) is 16.2 Å². The van der Waals surface area contributed by atoms with Crippen molar-refractivity contribution in [3.8, 4) is 11.3 Å². The fraction of sp³-hybridized carbons (Fsp3) is 0.185. The van der Waals surface area contributed by atoms with Crippen LogP contribution in [-0.2, 0) is 11.3 Å². The third-order valence-corrected chi connectivity index (χ3v) is 5.76. The highest BCUT2D eigenvalue weighted by molar-refractivity contribution is 5.99. The molecule has 1 aliphatic rings. The zero-order valence-electron chi connectivity index (χ0n) is 18.3. The van der Waals surface area contributed by atoms with Crippen LogP contribution >= 0.6 is 0 Å². The number of nitrogens with zero attached hydrogens (tertiary/aromatic N) is 2. The SMILES string of the molecule is O=C(NCc1ccccc1)Nc1ccc2nc(-c3ccccc3)cc(N3CCOCC3)c2c1. The number of hydrogen-bond donors (Lipinski definition) is 2. The van der Waals surface area contributed by atoms with E-state index in [2.05, 4.69) is 33.7 Å². The second kappa shape index (κ2) is 9.71. The molecule has 0 aliphatic carbocycles. The molecule has 2 N–H and O–H groups in total. The van der Waals surface area contributed by atoms with Gasteiger partial charge in [-0.3, -0.25) is 0 Å². The van der Waals surface area contributed by atoms with E-state index in [9.17, 15) is 4.79 Å². The number of benzene rings is 3. The summed E-state index contributed by atoms with van der Waals surface area (Å²) in [5.74, 6) is 0. The van der Waals surface area contributed by atoms with Crippen LogP contribution in [0.1, 0.15) is 5.56 Å². The summed E-state index contributed by atoms with van der Waals surface area (Å²) in [5.41, 5.74) is 5.81. The maximum atomic E-state index is 12.5. The number of aromatic nitrogens is 1. The molecule has 0 bridgehead atoms. The number of morpholine rings is 1. The Bertz CT molecular complexity index is 1240. The van der Waals surface area contributed by atoms with Crippen LogP contribution in [0.5, 0.6) is 0 Å². The van der Waals surface area contributed by atoms with E-state index in [1.165, 1.54) is 0 Å². The average Bonchev–Trinajstić information content (AvgIpc) is 2.88. The van der Waals surface area contributed by atoms with Crippen molar-refractivity contribution < 1.29 is 9.53 Å². The quantitative estimate of drug-likeness (QED) is 0.457. The monoisotopic (exact) mass is 438 g/mol. The summed E-state index contributed by atoms with van der Waals surface area (Å²) in [6.07, 6.45) is 0. The second-order valence-corrected chi connectivity index (χ2v) is 8.02. The van der Waals surface area contributed by atoms with Gasteiger partial charge in [0.25, 0.3) is 0 Å². The third kappa shape index (κ3) is 4.96. The van der Waals surface area contributed by atoms with Crippen LogP contribution in [0, 0.1) is 0 Å². The van der Waals surface area contributed by atoms with Gasteiger partial charge in [-0.1, -0.05) is 60.7 Å². The van der Waals surface area contributed by atoms with Crippen molar-refractivity contribution in [2.75, 3.05) is 36.5 Å². The maximum Gasteiger partial charge on any atom is 0.319 e. The molecule has 5 rings (SSSR count). The molecule has 0 radical (unpaired) electrons. The molecular weight excluding hydrogens is 412 g/mol. The summed E-state index contributed by atoms with van der Waals surface area (Å²) in [4.78, 5) is 19.7. The molecule has 0 atom stereocenters. The van der Waals surface area contributed by atoms with Crippen molar-refractivity contribution in [1.29, 1.82) is 0 Å². The first kappa shape index (κ1) is 21.0. The molecule has 6 heteroatoms. The molecule has 2 amide bonds. The van der Waals surface area contributed by atoms with E-state index < -0.39 is 0 Å². The van der Waals surface area contributed by atoms with Crippen molar-refractivity contribution in [2.24, 2.45) is 0 Å². The second-order valence-electron chi connectivity index (χ2n) is 8.02. The number of carbonyl (C=O) groups excluding carboxylic acids is 1. The predicted octanol–water partition coefficient (Wildman–Crippen LogP) is 5.06. The molecule has 33 heavy (non-hydrogen) atoms. The first-order chi connectivity index (χ1) is 16.3. The van der Waals surface area contributed by atoms with Crippen LogP contribution in [0.2, 0.25) is 0 Å². The molecule has 0 saturated carbocycles. The van der Waals surface area contributed by atoms with Crippen LogP contribution < -0.4 is 15.5 Å². The molecule has 0 unspecified atom stereocenters. The lowest BCUT2D eigenvalue weighted by molar-refractivity contribution is 0.123. The van der Waals surface area contributed by atoms with Gasteiger partial charge >= 0.3 is 6.03 Å². The third-order valence-electron chi connectivity index (χ3n) is 5.76. The molecule has 1 saturated heterocycles.